The number of urea groups is 1. The van der Waals surface area contributed by atoms with Crippen molar-refractivity contribution in [2.45, 2.75) is 39.2 Å². The molecule has 1 heterocycles. The van der Waals surface area contributed by atoms with Crippen molar-refractivity contribution < 1.29 is 19.2 Å². The fourth-order valence-corrected chi connectivity index (χ4v) is 1.63. The Morgan fingerprint density at radius 3 is 2.65 bits per heavy atom. The topological polar surface area (TPSA) is 109 Å². The smallest absolute Gasteiger partial charge is 0.317 e. The SMILES string of the molecule is CC(C)(C)N(CCC(=O)O)C(=O)NCCc1ncon1. The molecule has 112 valence electrons. The molecular weight excluding hydrogens is 264 g/mol. The molecule has 0 fully saturated rings. The van der Waals surface area contributed by atoms with Crippen LogP contribution >= 0.6 is 0 Å². The largest absolute Gasteiger partial charge is 0.481 e. The maximum absolute atomic E-state index is 12.1. The van der Waals surface area contributed by atoms with Gasteiger partial charge in [0.15, 0.2) is 5.82 Å². The van der Waals surface area contributed by atoms with Crippen LogP contribution in [0.5, 0.6) is 0 Å². The molecule has 1 aromatic heterocycles. The first kappa shape index (κ1) is 15.9. The summed E-state index contributed by atoms with van der Waals surface area (Å²) in [7, 11) is 0. The molecule has 0 radical (unpaired) electrons. The highest BCUT2D eigenvalue weighted by Crippen LogP contribution is 2.13. The van der Waals surface area contributed by atoms with Crippen molar-refractivity contribution in [3.05, 3.63) is 12.2 Å². The number of nitrogens with zero attached hydrogens (tertiary/aromatic N) is 3. The van der Waals surface area contributed by atoms with Crippen LogP contribution in [-0.2, 0) is 11.2 Å². The standard InChI is InChI=1S/C12H20N4O4/c1-12(2,3)16(7-5-10(17)18)11(19)13-6-4-9-14-8-20-15-9/h8H,4-7H2,1-3H3,(H,13,19)(H,17,18). The van der Waals surface area contributed by atoms with Crippen molar-refractivity contribution in [1.29, 1.82) is 0 Å². The average Bonchev–Trinajstić information content (AvgIpc) is 2.79. The Hall–Kier alpha value is -2.12. The van der Waals surface area contributed by atoms with Crippen LogP contribution in [-0.4, -0.2) is 50.8 Å². The number of rotatable bonds is 6. The van der Waals surface area contributed by atoms with E-state index < -0.39 is 11.5 Å². The van der Waals surface area contributed by atoms with E-state index in [1.807, 2.05) is 20.8 Å². The number of hydrogen-bond acceptors (Lipinski definition) is 5. The van der Waals surface area contributed by atoms with Crippen LogP contribution < -0.4 is 5.32 Å². The summed E-state index contributed by atoms with van der Waals surface area (Å²) in [6.45, 7) is 6.08. The van der Waals surface area contributed by atoms with E-state index in [1.165, 1.54) is 11.3 Å². The molecule has 20 heavy (non-hydrogen) atoms. The zero-order valence-corrected chi connectivity index (χ0v) is 11.9. The number of carboxylic acid groups (broad SMARTS) is 1. The lowest BCUT2D eigenvalue weighted by molar-refractivity contribution is -0.137. The molecule has 2 amide bonds. The van der Waals surface area contributed by atoms with Crippen LogP contribution in [0.4, 0.5) is 4.79 Å². The highest BCUT2D eigenvalue weighted by atomic mass is 16.5. The predicted octanol–water partition coefficient (Wildman–Crippen LogP) is 0.897. The molecule has 0 atom stereocenters. The third kappa shape index (κ3) is 5.25. The zero-order valence-electron chi connectivity index (χ0n) is 11.9. The Labute approximate surface area is 117 Å². The number of aromatic nitrogens is 2. The van der Waals surface area contributed by atoms with Gasteiger partial charge in [0.25, 0.3) is 0 Å². The number of amides is 2. The van der Waals surface area contributed by atoms with Gasteiger partial charge in [-0.15, -0.1) is 0 Å². The van der Waals surface area contributed by atoms with Crippen molar-refractivity contribution in [2.24, 2.45) is 0 Å². The van der Waals surface area contributed by atoms with E-state index in [0.29, 0.717) is 18.8 Å². The van der Waals surface area contributed by atoms with Gasteiger partial charge in [0.05, 0.1) is 6.42 Å². The Balaban J connectivity index is 2.48. The van der Waals surface area contributed by atoms with Crippen molar-refractivity contribution in [3.63, 3.8) is 0 Å². The summed E-state index contributed by atoms with van der Waals surface area (Å²) < 4.78 is 4.59. The molecule has 8 heteroatoms. The van der Waals surface area contributed by atoms with E-state index in [2.05, 4.69) is 20.0 Å². The maximum atomic E-state index is 12.1. The summed E-state index contributed by atoms with van der Waals surface area (Å²) in [4.78, 5) is 28.1. The van der Waals surface area contributed by atoms with E-state index in [0.717, 1.165) is 0 Å². The second kappa shape index (κ2) is 6.88. The summed E-state index contributed by atoms with van der Waals surface area (Å²) in [5.74, 6) is -0.419. The lowest BCUT2D eigenvalue weighted by atomic mass is 10.1. The number of aliphatic carboxylic acids is 1. The van der Waals surface area contributed by atoms with Gasteiger partial charge < -0.3 is 19.8 Å². The molecule has 0 aromatic carbocycles. The number of carbonyl (C=O) groups is 2. The van der Waals surface area contributed by atoms with Crippen LogP contribution in [0.3, 0.4) is 0 Å². The second-order valence-electron chi connectivity index (χ2n) is 5.30. The van der Waals surface area contributed by atoms with Gasteiger partial charge in [-0.25, -0.2) is 4.79 Å². The first-order valence-corrected chi connectivity index (χ1v) is 6.33. The van der Waals surface area contributed by atoms with Crippen LogP contribution in [0.2, 0.25) is 0 Å². The number of nitrogens with one attached hydrogen (secondary N) is 1. The molecule has 2 N–H and O–H groups in total. The fraction of sp³-hybridized carbons (Fsp3) is 0.667. The van der Waals surface area contributed by atoms with Crippen LogP contribution in [0.25, 0.3) is 0 Å². The average molecular weight is 284 g/mol. The molecule has 0 saturated carbocycles. The first-order chi connectivity index (χ1) is 9.30. The van der Waals surface area contributed by atoms with Crippen LogP contribution in [0.1, 0.15) is 33.0 Å². The van der Waals surface area contributed by atoms with E-state index in [9.17, 15) is 9.59 Å². The first-order valence-electron chi connectivity index (χ1n) is 6.33. The van der Waals surface area contributed by atoms with Crippen LogP contribution in [0, 0.1) is 0 Å². The Morgan fingerprint density at radius 2 is 2.15 bits per heavy atom. The van der Waals surface area contributed by atoms with Gasteiger partial charge in [-0.3, -0.25) is 4.79 Å². The van der Waals surface area contributed by atoms with Crippen LogP contribution in [0.15, 0.2) is 10.9 Å². The van der Waals surface area contributed by atoms with E-state index in [1.54, 1.807) is 0 Å². The normalized spacial score (nSPS) is 11.2. The summed E-state index contributed by atoms with van der Waals surface area (Å²) in [6.07, 6.45) is 1.60. The van der Waals surface area contributed by atoms with Gasteiger partial charge in [0.1, 0.15) is 0 Å². The minimum Gasteiger partial charge on any atom is -0.481 e. The Kier molecular flexibility index (Phi) is 5.48. The van der Waals surface area contributed by atoms with Gasteiger partial charge in [-0.2, -0.15) is 4.98 Å². The van der Waals surface area contributed by atoms with E-state index in [4.69, 9.17) is 5.11 Å². The quantitative estimate of drug-likeness (QED) is 0.803. The zero-order chi connectivity index (χ0) is 15.2. The summed E-state index contributed by atoms with van der Waals surface area (Å²) in [5, 5.41) is 15.1. The molecule has 1 rings (SSSR count). The maximum Gasteiger partial charge on any atom is 0.317 e. The van der Waals surface area contributed by atoms with Gasteiger partial charge in [0, 0.05) is 25.0 Å². The number of hydrogen-bond donors (Lipinski definition) is 2. The molecule has 1 aromatic rings. The van der Waals surface area contributed by atoms with Gasteiger partial charge >= 0.3 is 12.0 Å². The van der Waals surface area contributed by atoms with Gasteiger partial charge in [0.2, 0.25) is 6.39 Å². The summed E-state index contributed by atoms with van der Waals surface area (Å²) in [6, 6.07) is -0.303. The molecule has 0 unspecified atom stereocenters. The Bertz CT molecular complexity index is 439. The molecule has 0 bridgehead atoms. The third-order valence-corrected chi connectivity index (χ3v) is 2.64. The van der Waals surface area contributed by atoms with Crippen molar-refractivity contribution in [3.8, 4) is 0 Å². The molecule has 0 spiro atoms. The number of carbonyl (C=O) groups excluding carboxylic acids is 1. The molecule has 0 aliphatic carbocycles. The molecule has 0 aliphatic rings. The lowest BCUT2D eigenvalue weighted by Gasteiger charge is -2.35. The molecule has 0 saturated heterocycles. The van der Waals surface area contributed by atoms with E-state index in [-0.39, 0.29) is 19.0 Å². The van der Waals surface area contributed by atoms with Crippen molar-refractivity contribution >= 4 is 12.0 Å². The second-order valence-corrected chi connectivity index (χ2v) is 5.30. The summed E-state index contributed by atoms with van der Waals surface area (Å²) >= 11 is 0. The molecule has 0 aliphatic heterocycles. The third-order valence-electron chi connectivity index (χ3n) is 2.64. The van der Waals surface area contributed by atoms with Gasteiger partial charge in [-0.05, 0) is 20.8 Å². The van der Waals surface area contributed by atoms with Crippen molar-refractivity contribution in [2.75, 3.05) is 13.1 Å². The Morgan fingerprint density at radius 1 is 1.45 bits per heavy atom. The minimum atomic E-state index is -0.932. The molecule has 8 nitrogen and oxygen atoms in total. The monoisotopic (exact) mass is 284 g/mol. The number of carboxylic acids is 1. The van der Waals surface area contributed by atoms with E-state index >= 15 is 0 Å². The summed E-state index contributed by atoms with van der Waals surface area (Å²) in [5.41, 5.74) is -0.453. The van der Waals surface area contributed by atoms with Crippen molar-refractivity contribution in [1.82, 2.24) is 20.4 Å². The van der Waals surface area contributed by atoms with Gasteiger partial charge in [-0.1, -0.05) is 5.16 Å². The highest BCUT2D eigenvalue weighted by molar-refractivity contribution is 5.76. The molecular formula is C12H20N4O4. The minimum absolute atomic E-state index is 0.0878. The highest BCUT2D eigenvalue weighted by Gasteiger charge is 2.26. The fourth-order valence-electron chi connectivity index (χ4n) is 1.63. The predicted molar refractivity (Wildman–Crippen MR) is 70.1 cm³/mol. The lowest BCUT2D eigenvalue weighted by Crippen LogP contribution is -2.51.